The van der Waals surface area contributed by atoms with E-state index in [0.29, 0.717) is 28.2 Å². The summed E-state index contributed by atoms with van der Waals surface area (Å²) in [6.07, 6.45) is 0. The van der Waals surface area contributed by atoms with Gasteiger partial charge in [0.15, 0.2) is 5.75 Å². The second kappa shape index (κ2) is 8.05. The average Bonchev–Trinajstić information content (AvgIpc) is 2.92. The van der Waals surface area contributed by atoms with Gasteiger partial charge in [-0.05, 0) is 73.9 Å². The van der Waals surface area contributed by atoms with E-state index >= 15 is 0 Å². The van der Waals surface area contributed by atoms with Gasteiger partial charge in [-0.1, -0.05) is 12.1 Å². The maximum absolute atomic E-state index is 12.9. The van der Waals surface area contributed by atoms with E-state index in [2.05, 4.69) is 10.6 Å². The van der Waals surface area contributed by atoms with Gasteiger partial charge < -0.3 is 15.4 Å². The number of amides is 1. The van der Waals surface area contributed by atoms with Crippen LogP contribution in [0.3, 0.4) is 0 Å². The number of Topliss-reactive ketones (excluding diaryl/α,β-unsaturated/α-hetero) is 1. The number of ether oxygens (including phenoxy) is 1. The number of nitro groups is 1. The molecule has 168 valence electrons. The minimum atomic E-state index is -0.680. The smallest absolute Gasteiger partial charge is 0.310 e. The maximum atomic E-state index is 12.9. The predicted molar refractivity (Wildman–Crippen MR) is 126 cm³/mol. The summed E-state index contributed by atoms with van der Waals surface area (Å²) in [5.41, 5.74) is 3.82. The first kappa shape index (κ1) is 22.0. The zero-order chi connectivity index (χ0) is 23.9. The van der Waals surface area contributed by atoms with Crippen LogP contribution in [0, 0.1) is 10.1 Å². The molecule has 2 N–H and O–H groups in total. The Kier molecular flexibility index (Phi) is 5.37. The number of nitrogens with zero attached hydrogens (tertiary/aromatic N) is 1. The highest BCUT2D eigenvalue weighted by atomic mass is 16.6. The molecule has 0 aromatic heterocycles. The highest BCUT2D eigenvalue weighted by Crippen LogP contribution is 2.38. The van der Waals surface area contributed by atoms with Crippen molar-refractivity contribution >= 4 is 34.4 Å². The molecule has 0 spiro atoms. The van der Waals surface area contributed by atoms with Crippen LogP contribution < -0.4 is 15.4 Å². The summed E-state index contributed by atoms with van der Waals surface area (Å²) in [5, 5.41) is 17.4. The van der Waals surface area contributed by atoms with E-state index < -0.39 is 10.3 Å². The fraction of sp³-hybridized carbons (Fsp3) is 0.200. The first-order chi connectivity index (χ1) is 15.6. The molecule has 3 aromatic rings. The molecule has 0 bridgehead atoms. The van der Waals surface area contributed by atoms with Crippen LogP contribution >= 0.6 is 0 Å². The number of fused-ring (bicyclic) bond motifs is 2. The number of methoxy groups -OCH3 is 1. The lowest BCUT2D eigenvalue weighted by Gasteiger charge is -2.23. The lowest BCUT2D eigenvalue weighted by molar-refractivity contribution is -0.385. The van der Waals surface area contributed by atoms with Crippen LogP contribution in [-0.2, 0) is 10.2 Å². The van der Waals surface area contributed by atoms with Gasteiger partial charge >= 0.3 is 5.69 Å². The molecule has 1 heterocycles. The van der Waals surface area contributed by atoms with Crippen LogP contribution in [0.4, 0.5) is 22.7 Å². The summed E-state index contributed by atoms with van der Waals surface area (Å²) < 4.78 is 5.17. The Morgan fingerprint density at radius 1 is 0.939 bits per heavy atom. The molecule has 0 radical (unpaired) electrons. The Bertz CT molecular complexity index is 1310. The highest BCUT2D eigenvalue weighted by molar-refractivity contribution is 6.12. The summed E-state index contributed by atoms with van der Waals surface area (Å²) in [6, 6.07) is 15.5. The Morgan fingerprint density at radius 3 is 2.30 bits per heavy atom. The monoisotopic (exact) mass is 445 g/mol. The summed E-state index contributed by atoms with van der Waals surface area (Å²) >= 11 is 0. The SMILES string of the molecule is COc1cc(-c2ccc3c(c2)Nc2ccc(C(C)(C)C(C)=O)cc2NC3=O)ccc1[N+](=O)[O-]. The highest BCUT2D eigenvalue weighted by Gasteiger charge is 2.28. The maximum Gasteiger partial charge on any atom is 0.310 e. The molecule has 1 amide bonds. The fourth-order valence-corrected chi connectivity index (χ4v) is 3.72. The molecule has 3 aromatic carbocycles. The molecule has 8 nitrogen and oxygen atoms in total. The van der Waals surface area contributed by atoms with Crippen LogP contribution in [-0.4, -0.2) is 23.7 Å². The van der Waals surface area contributed by atoms with Crippen molar-refractivity contribution in [2.24, 2.45) is 0 Å². The van der Waals surface area contributed by atoms with E-state index in [1.54, 1.807) is 31.2 Å². The number of carbonyl (C=O) groups is 2. The lowest BCUT2D eigenvalue weighted by Crippen LogP contribution is -2.26. The predicted octanol–water partition coefficient (Wildman–Crippen LogP) is 5.45. The van der Waals surface area contributed by atoms with Crippen molar-refractivity contribution in [2.75, 3.05) is 17.7 Å². The van der Waals surface area contributed by atoms with Crippen molar-refractivity contribution in [3.63, 3.8) is 0 Å². The zero-order valence-electron chi connectivity index (χ0n) is 18.7. The second-order valence-corrected chi connectivity index (χ2v) is 8.42. The Labute approximate surface area is 190 Å². The average molecular weight is 445 g/mol. The molecule has 0 aliphatic carbocycles. The molecule has 0 fully saturated rings. The third-order valence-electron chi connectivity index (χ3n) is 6.11. The van der Waals surface area contributed by atoms with Crippen molar-refractivity contribution in [1.82, 2.24) is 0 Å². The van der Waals surface area contributed by atoms with Crippen LogP contribution in [0.1, 0.15) is 36.7 Å². The third kappa shape index (κ3) is 3.91. The molecule has 0 saturated heterocycles. The number of anilines is 3. The molecule has 8 heteroatoms. The van der Waals surface area contributed by atoms with Gasteiger partial charge in [-0.3, -0.25) is 19.7 Å². The van der Waals surface area contributed by atoms with E-state index in [1.807, 2.05) is 38.1 Å². The Balaban J connectivity index is 1.75. The van der Waals surface area contributed by atoms with E-state index in [9.17, 15) is 19.7 Å². The molecule has 1 aliphatic heterocycles. The van der Waals surface area contributed by atoms with E-state index in [1.165, 1.54) is 13.2 Å². The number of benzene rings is 3. The summed E-state index contributed by atoms with van der Waals surface area (Å²) in [4.78, 5) is 35.7. The topological polar surface area (TPSA) is 111 Å². The van der Waals surface area contributed by atoms with E-state index in [0.717, 1.165) is 11.1 Å². The van der Waals surface area contributed by atoms with Crippen molar-refractivity contribution in [2.45, 2.75) is 26.2 Å². The van der Waals surface area contributed by atoms with E-state index in [-0.39, 0.29) is 23.1 Å². The quantitative estimate of drug-likeness (QED) is 0.399. The number of nitro benzene ring substituents is 1. The number of carbonyl (C=O) groups excluding carboxylic acids is 2. The lowest BCUT2D eigenvalue weighted by atomic mass is 9.81. The minimum Gasteiger partial charge on any atom is -0.490 e. The van der Waals surface area contributed by atoms with Crippen molar-refractivity contribution in [1.29, 1.82) is 0 Å². The van der Waals surface area contributed by atoms with Crippen LogP contribution in [0.15, 0.2) is 54.6 Å². The minimum absolute atomic E-state index is 0.0295. The largest absolute Gasteiger partial charge is 0.490 e. The molecular weight excluding hydrogens is 422 g/mol. The first-order valence-electron chi connectivity index (χ1n) is 10.3. The zero-order valence-corrected chi connectivity index (χ0v) is 18.7. The normalized spacial score (nSPS) is 12.5. The van der Waals surface area contributed by atoms with Gasteiger partial charge in [0, 0.05) is 11.5 Å². The number of nitrogens with one attached hydrogen (secondary N) is 2. The van der Waals surface area contributed by atoms with Crippen molar-refractivity contribution in [3.05, 3.63) is 75.8 Å². The van der Waals surface area contributed by atoms with Gasteiger partial charge in [0.1, 0.15) is 5.78 Å². The molecule has 1 aliphatic rings. The van der Waals surface area contributed by atoms with Gasteiger partial charge in [-0.2, -0.15) is 0 Å². The first-order valence-corrected chi connectivity index (χ1v) is 10.3. The van der Waals surface area contributed by atoms with Crippen LogP contribution in [0.2, 0.25) is 0 Å². The molecule has 0 unspecified atom stereocenters. The number of rotatable bonds is 5. The van der Waals surface area contributed by atoms with Gasteiger partial charge in [0.2, 0.25) is 0 Å². The number of hydrogen-bond acceptors (Lipinski definition) is 6. The molecular formula is C25H23N3O5. The summed E-state index contributed by atoms with van der Waals surface area (Å²) in [6.45, 7) is 5.25. The van der Waals surface area contributed by atoms with Gasteiger partial charge in [-0.25, -0.2) is 0 Å². The van der Waals surface area contributed by atoms with Crippen LogP contribution in [0.5, 0.6) is 5.75 Å². The van der Waals surface area contributed by atoms with Gasteiger partial charge in [0.25, 0.3) is 5.91 Å². The second-order valence-electron chi connectivity index (χ2n) is 8.42. The number of hydrogen-bond donors (Lipinski definition) is 2. The number of ketones is 1. The summed E-state index contributed by atoms with van der Waals surface area (Å²) in [5.74, 6) is -0.0900. The van der Waals surface area contributed by atoms with Gasteiger partial charge in [-0.15, -0.1) is 0 Å². The summed E-state index contributed by atoms with van der Waals surface area (Å²) in [7, 11) is 1.38. The fourth-order valence-electron chi connectivity index (χ4n) is 3.72. The van der Waals surface area contributed by atoms with Gasteiger partial charge in [0.05, 0.1) is 34.7 Å². The molecule has 0 saturated carbocycles. The van der Waals surface area contributed by atoms with E-state index in [4.69, 9.17) is 4.74 Å². The third-order valence-corrected chi connectivity index (χ3v) is 6.11. The standard InChI is InChI=1S/C25H23N3O5/c1-14(29)25(2,3)17-7-9-19-21(13-17)27-24(30)18-8-5-15(11-20(18)26-19)16-6-10-22(28(31)32)23(12-16)33-4/h5-13,26H,1-4H3,(H,27,30). The Morgan fingerprint density at radius 2 is 1.64 bits per heavy atom. The van der Waals surface area contributed by atoms with Crippen LogP contribution in [0.25, 0.3) is 11.1 Å². The molecule has 33 heavy (non-hydrogen) atoms. The van der Waals surface area contributed by atoms with Crippen molar-refractivity contribution < 1.29 is 19.2 Å². The van der Waals surface area contributed by atoms with Crippen molar-refractivity contribution in [3.8, 4) is 16.9 Å². The Hall–Kier alpha value is -4.20. The molecule has 0 atom stereocenters. The molecule has 4 rings (SSSR count).